The summed E-state index contributed by atoms with van der Waals surface area (Å²) in [5.74, 6) is -1.92. The zero-order chi connectivity index (χ0) is 20.4. The van der Waals surface area contributed by atoms with E-state index in [1.165, 1.54) is 18.3 Å². The van der Waals surface area contributed by atoms with Crippen molar-refractivity contribution in [1.82, 2.24) is 20.3 Å². The summed E-state index contributed by atoms with van der Waals surface area (Å²) >= 11 is 1.13. The van der Waals surface area contributed by atoms with Crippen LogP contribution in [0.1, 0.15) is 28.0 Å². The molecule has 0 aliphatic heterocycles. The van der Waals surface area contributed by atoms with E-state index in [0.717, 1.165) is 11.3 Å². The summed E-state index contributed by atoms with van der Waals surface area (Å²) in [6.07, 6.45) is -4.77. The lowest BCUT2D eigenvalue weighted by molar-refractivity contribution is -0.141. The highest BCUT2D eigenvalue weighted by Crippen LogP contribution is 2.30. The number of alkyl halides is 3. The second-order valence-corrected chi connectivity index (χ2v) is 6.68. The molecule has 0 spiro atoms. The average molecular weight is 404 g/mol. The fraction of sp³-hybridized carbons (Fsp3) is 0.357. The number of carbonyl (C=O) groups excluding carboxylic acids is 1. The standard InChI is InChI=1S/C14H16BF3N4O4S/c1-7(20-15(2)26)12(23)19-5-9-3-8(6-27-9)22-10(13(24)25)4-11(21-22)14(16,17)18/h3-4,6-7,20,26H,5H2,1-2H3,(H,19,23)(H,24,25)/t7-/m0/s1. The molecule has 0 aromatic carbocycles. The molecule has 0 aliphatic rings. The maximum atomic E-state index is 12.8. The number of thiophene rings is 1. The lowest BCUT2D eigenvalue weighted by Gasteiger charge is -2.13. The second kappa shape index (κ2) is 8.11. The first-order chi connectivity index (χ1) is 12.5. The third-order valence-corrected chi connectivity index (χ3v) is 4.35. The molecule has 1 amide bonds. The number of carboxylic acid groups (broad SMARTS) is 1. The molecule has 2 rings (SSSR count). The van der Waals surface area contributed by atoms with Crippen LogP contribution in [0.5, 0.6) is 0 Å². The van der Waals surface area contributed by atoms with Crippen molar-refractivity contribution in [3.63, 3.8) is 0 Å². The van der Waals surface area contributed by atoms with Crippen LogP contribution in [0.25, 0.3) is 5.69 Å². The molecule has 0 bridgehead atoms. The van der Waals surface area contributed by atoms with Crippen LogP contribution in [0, 0.1) is 0 Å². The fourth-order valence-corrected chi connectivity index (χ4v) is 2.99. The molecule has 0 radical (unpaired) electrons. The Balaban J connectivity index is 2.15. The van der Waals surface area contributed by atoms with Gasteiger partial charge in [0.05, 0.1) is 18.3 Å². The first-order valence-electron chi connectivity index (χ1n) is 7.69. The summed E-state index contributed by atoms with van der Waals surface area (Å²) in [4.78, 5) is 23.7. The molecule has 0 unspecified atom stereocenters. The maximum Gasteiger partial charge on any atom is 0.435 e. The Labute approximate surface area is 156 Å². The van der Waals surface area contributed by atoms with Gasteiger partial charge in [0.25, 0.3) is 0 Å². The summed E-state index contributed by atoms with van der Waals surface area (Å²) in [5.41, 5.74) is -1.78. The zero-order valence-corrected chi connectivity index (χ0v) is 15.1. The van der Waals surface area contributed by atoms with Crippen molar-refractivity contribution in [1.29, 1.82) is 0 Å². The zero-order valence-electron chi connectivity index (χ0n) is 14.2. The molecule has 2 heterocycles. The maximum absolute atomic E-state index is 12.8. The number of halogens is 3. The molecule has 0 fully saturated rings. The van der Waals surface area contributed by atoms with Gasteiger partial charge in [0.1, 0.15) is 0 Å². The largest absolute Gasteiger partial charge is 0.477 e. The van der Waals surface area contributed by atoms with Crippen molar-refractivity contribution in [2.45, 2.75) is 32.5 Å². The topological polar surface area (TPSA) is 116 Å². The van der Waals surface area contributed by atoms with E-state index in [1.54, 1.807) is 6.92 Å². The number of amides is 1. The van der Waals surface area contributed by atoms with E-state index >= 15 is 0 Å². The van der Waals surface area contributed by atoms with E-state index in [9.17, 15) is 27.8 Å². The Morgan fingerprint density at radius 3 is 2.63 bits per heavy atom. The molecule has 2 aromatic heterocycles. The summed E-state index contributed by atoms with van der Waals surface area (Å²) < 4.78 is 39.1. The van der Waals surface area contributed by atoms with E-state index in [1.807, 2.05) is 0 Å². The van der Waals surface area contributed by atoms with Crippen LogP contribution in [0.2, 0.25) is 6.82 Å². The summed E-state index contributed by atoms with van der Waals surface area (Å²) in [7, 11) is -0.865. The second-order valence-electron chi connectivity index (χ2n) is 5.68. The first kappa shape index (κ1) is 20.9. The van der Waals surface area contributed by atoms with Gasteiger partial charge in [0.15, 0.2) is 11.4 Å². The SMILES string of the molecule is CB(O)N[C@@H](C)C(=O)NCc1cc(-n2nc(C(F)(F)F)cc2C(=O)O)cs1. The quantitative estimate of drug-likeness (QED) is 0.518. The van der Waals surface area contributed by atoms with Gasteiger partial charge >= 0.3 is 19.2 Å². The number of hydrogen-bond donors (Lipinski definition) is 4. The van der Waals surface area contributed by atoms with Gasteiger partial charge in [-0.2, -0.15) is 18.3 Å². The number of aromatic carboxylic acids is 1. The molecule has 0 saturated carbocycles. The van der Waals surface area contributed by atoms with E-state index in [4.69, 9.17) is 5.11 Å². The van der Waals surface area contributed by atoms with Crippen LogP contribution >= 0.6 is 11.3 Å². The number of carboxylic acids is 1. The van der Waals surface area contributed by atoms with Crippen LogP contribution in [0.4, 0.5) is 13.2 Å². The Morgan fingerprint density at radius 2 is 2.07 bits per heavy atom. The van der Waals surface area contributed by atoms with Gasteiger partial charge in [-0.25, -0.2) is 9.48 Å². The van der Waals surface area contributed by atoms with Crippen molar-refractivity contribution in [3.8, 4) is 5.69 Å². The van der Waals surface area contributed by atoms with Crippen molar-refractivity contribution in [2.75, 3.05) is 0 Å². The lowest BCUT2D eigenvalue weighted by Crippen LogP contribution is -2.47. The van der Waals surface area contributed by atoms with Crippen LogP contribution < -0.4 is 10.5 Å². The van der Waals surface area contributed by atoms with Gasteiger partial charge in [-0.3, -0.25) is 4.79 Å². The van der Waals surface area contributed by atoms with Gasteiger partial charge in [-0.15, -0.1) is 11.3 Å². The van der Waals surface area contributed by atoms with Crippen molar-refractivity contribution >= 4 is 30.3 Å². The number of nitrogens with one attached hydrogen (secondary N) is 2. The highest BCUT2D eigenvalue weighted by atomic mass is 32.1. The molecular weight excluding hydrogens is 388 g/mol. The van der Waals surface area contributed by atoms with Crippen LogP contribution in [-0.4, -0.2) is 44.9 Å². The average Bonchev–Trinajstić information content (AvgIpc) is 3.17. The van der Waals surface area contributed by atoms with Crippen molar-refractivity contribution in [3.05, 3.63) is 33.8 Å². The highest BCUT2D eigenvalue weighted by molar-refractivity contribution is 7.10. The van der Waals surface area contributed by atoms with Gasteiger partial charge in [-0.1, -0.05) is 0 Å². The molecular formula is C14H16BF3N4O4S. The molecule has 4 N–H and O–H groups in total. The highest BCUT2D eigenvalue weighted by Gasteiger charge is 2.36. The molecule has 0 aliphatic carbocycles. The van der Waals surface area contributed by atoms with Crippen LogP contribution in [0.3, 0.4) is 0 Å². The number of carbonyl (C=O) groups is 2. The number of hydrogen-bond acceptors (Lipinski definition) is 6. The predicted molar refractivity (Wildman–Crippen MR) is 91.7 cm³/mol. The lowest BCUT2D eigenvalue weighted by atomic mass is 9.87. The number of aromatic nitrogens is 2. The fourth-order valence-electron chi connectivity index (χ4n) is 2.21. The van der Waals surface area contributed by atoms with E-state index in [0.29, 0.717) is 15.6 Å². The van der Waals surface area contributed by atoms with Crippen LogP contribution in [-0.2, 0) is 17.5 Å². The Hall–Kier alpha value is -2.38. The molecule has 2 aromatic rings. The summed E-state index contributed by atoms with van der Waals surface area (Å²) in [6, 6.07) is 1.26. The smallest absolute Gasteiger partial charge is 0.435 e. The molecule has 0 saturated heterocycles. The molecule has 8 nitrogen and oxygen atoms in total. The molecule has 27 heavy (non-hydrogen) atoms. The van der Waals surface area contributed by atoms with Gasteiger partial charge in [0.2, 0.25) is 5.91 Å². The predicted octanol–water partition coefficient (Wildman–Crippen LogP) is 1.36. The molecule has 13 heteroatoms. The minimum absolute atomic E-state index is 0.0884. The van der Waals surface area contributed by atoms with Crippen molar-refractivity contribution in [2.24, 2.45) is 0 Å². The van der Waals surface area contributed by atoms with E-state index < -0.39 is 36.6 Å². The molecule has 1 atom stereocenters. The summed E-state index contributed by atoms with van der Waals surface area (Å²) in [5, 5.41) is 28.3. The Morgan fingerprint density at radius 1 is 1.41 bits per heavy atom. The monoisotopic (exact) mass is 404 g/mol. The molecule has 146 valence electrons. The van der Waals surface area contributed by atoms with Gasteiger partial charge < -0.3 is 20.7 Å². The van der Waals surface area contributed by atoms with Crippen molar-refractivity contribution < 1.29 is 32.9 Å². The first-order valence-corrected chi connectivity index (χ1v) is 8.57. The van der Waals surface area contributed by atoms with E-state index in [-0.39, 0.29) is 18.1 Å². The van der Waals surface area contributed by atoms with Gasteiger partial charge in [0, 0.05) is 16.3 Å². The van der Waals surface area contributed by atoms with Crippen LogP contribution in [0.15, 0.2) is 17.5 Å². The van der Waals surface area contributed by atoms with Gasteiger partial charge in [-0.05, 0) is 19.8 Å². The Bertz CT molecular complexity index is 837. The Kier molecular flexibility index (Phi) is 6.28. The third-order valence-electron chi connectivity index (χ3n) is 3.42. The normalized spacial score (nSPS) is 12.7. The number of nitrogens with zero attached hydrogens (tertiary/aromatic N) is 2. The van der Waals surface area contributed by atoms with E-state index in [2.05, 4.69) is 15.6 Å². The minimum Gasteiger partial charge on any atom is -0.477 e. The third kappa shape index (κ3) is 5.31. The number of rotatable bonds is 7. The summed E-state index contributed by atoms with van der Waals surface area (Å²) in [6.45, 7) is 3.11. The minimum atomic E-state index is -4.77.